The molecule has 10 heteroatoms. The van der Waals surface area contributed by atoms with E-state index in [4.69, 9.17) is 0 Å². The summed E-state index contributed by atoms with van der Waals surface area (Å²) in [4.78, 5) is 23.4. The van der Waals surface area contributed by atoms with Crippen LogP contribution in [0, 0.1) is 6.92 Å². The van der Waals surface area contributed by atoms with Crippen LogP contribution >= 0.6 is 11.3 Å². The Bertz CT molecular complexity index is 1100. The number of aryl methyl sites for hydroxylation is 1. The van der Waals surface area contributed by atoms with E-state index in [1.165, 1.54) is 12.1 Å². The number of carbonyl (C=O) groups is 1. The molecule has 2 N–H and O–H groups in total. The number of fused-ring (bicyclic) bond motifs is 1. The average molecular weight is 446 g/mol. The Morgan fingerprint density at radius 3 is 2.47 bits per heavy atom. The van der Waals surface area contributed by atoms with E-state index in [2.05, 4.69) is 26.2 Å². The minimum absolute atomic E-state index is 0.109. The Morgan fingerprint density at radius 1 is 1.07 bits per heavy atom. The lowest BCUT2D eigenvalue weighted by Gasteiger charge is -2.34. The number of benzene rings is 2. The Labute approximate surface area is 179 Å². The molecule has 158 valence electrons. The number of hydrogen-bond donors (Lipinski definition) is 2. The first kappa shape index (κ1) is 20.7. The molecule has 0 spiro atoms. The van der Waals surface area contributed by atoms with Gasteiger partial charge < -0.3 is 4.90 Å². The predicted molar refractivity (Wildman–Crippen MR) is 118 cm³/mol. The number of carbonyl (C=O) groups excluding carboxylic acids is 1. The van der Waals surface area contributed by atoms with E-state index in [9.17, 15) is 13.2 Å². The van der Waals surface area contributed by atoms with Gasteiger partial charge in [-0.15, -0.1) is 4.83 Å². The fraction of sp³-hybridized carbons (Fsp3) is 0.300. The highest BCUT2D eigenvalue weighted by Crippen LogP contribution is 2.29. The van der Waals surface area contributed by atoms with E-state index in [0.717, 1.165) is 34.0 Å². The zero-order valence-corrected chi connectivity index (χ0v) is 18.2. The van der Waals surface area contributed by atoms with E-state index in [1.54, 1.807) is 23.5 Å². The fourth-order valence-electron chi connectivity index (χ4n) is 3.24. The maximum Gasteiger partial charge on any atom is 0.257 e. The van der Waals surface area contributed by atoms with Crippen molar-refractivity contribution in [2.24, 2.45) is 0 Å². The number of nitrogens with zero attached hydrogens (tertiary/aromatic N) is 3. The van der Waals surface area contributed by atoms with Crippen molar-refractivity contribution in [3.05, 3.63) is 54.1 Å². The monoisotopic (exact) mass is 445 g/mol. The lowest BCUT2D eigenvalue weighted by molar-refractivity contribution is -0.122. The molecule has 0 radical (unpaired) electrons. The van der Waals surface area contributed by atoms with Gasteiger partial charge >= 0.3 is 0 Å². The molecule has 1 amide bonds. The van der Waals surface area contributed by atoms with Crippen LogP contribution in [0.3, 0.4) is 0 Å². The first-order chi connectivity index (χ1) is 14.4. The van der Waals surface area contributed by atoms with Crippen LogP contribution in [0.2, 0.25) is 0 Å². The smallest absolute Gasteiger partial charge is 0.257 e. The molecule has 1 fully saturated rings. The molecular formula is C20H23N5O3S2. The zero-order chi connectivity index (χ0) is 21.1. The molecule has 0 saturated carbocycles. The van der Waals surface area contributed by atoms with E-state index in [0.29, 0.717) is 13.1 Å². The Morgan fingerprint density at radius 2 is 1.77 bits per heavy atom. The molecule has 1 aliphatic rings. The topological polar surface area (TPSA) is 94.6 Å². The molecule has 1 saturated heterocycles. The van der Waals surface area contributed by atoms with E-state index in [1.807, 2.05) is 30.0 Å². The van der Waals surface area contributed by atoms with Crippen LogP contribution in [-0.2, 0) is 14.8 Å². The highest BCUT2D eigenvalue weighted by atomic mass is 32.2. The predicted octanol–water partition coefficient (Wildman–Crippen LogP) is 1.74. The van der Waals surface area contributed by atoms with Crippen molar-refractivity contribution >= 4 is 42.6 Å². The summed E-state index contributed by atoms with van der Waals surface area (Å²) in [5.74, 6) is -0.390. The number of rotatable bonds is 6. The van der Waals surface area contributed by atoms with Gasteiger partial charge in [0.2, 0.25) is 5.91 Å². The molecule has 8 nitrogen and oxygen atoms in total. The van der Waals surface area contributed by atoms with E-state index in [-0.39, 0.29) is 17.3 Å². The van der Waals surface area contributed by atoms with Gasteiger partial charge in [0.05, 0.1) is 21.7 Å². The molecule has 3 aromatic rings. The summed E-state index contributed by atoms with van der Waals surface area (Å²) in [6.07, 6.45) is 0. The highest BCUT2D eigenvalue weighted by Gasteiger charge is 2.22. The van der Waals surface area contributed by atoms with Crippen LogP contribution in [-0.4, -0.2) is 56.9 Å². The largest absolute Gasteiger partial charge is 0.345 e. The molecule has 2 aromatic carbocycles. The molecule has 0 bridgehead atoms. The quantitative estimate of drug-likeness (QED) is 0.562. The molecule has 2 heterocycles. The second-order valence-corrected chi connectivity index (χ2v) is 9.89. The van der Waals surface area contributed by atoms with Crippen molar-refractivity contribution in [2.75, 3.05) is 37.6 Å². The van der Waals surface area contributed by atoms with Crippen molar-refractivity contribution < 1.29 is 13.2 Å². The molecular weight excluding hydrogens is 422 g/mol. The SMILES string of the molecule is Cc1ccc(S(=O)(=O)NNC(=O)CN2CCN(c3nc4ccccc4s3)CC2)cc1. The van der Waals surface area contributed by atoms with Crippen molar-refractivity contribution in [2.45, 2.75) is 11.8 Å². The minimum atomic E-state index is -3.79. The normalized spacial score (nSPS) is 15.4. The van der Waals surface area contributed by atoms with Gasteiger partial charge in [0.15, 0.2) is 5.13 Å². The summed E-state index contributed by atoms with van der Waals surface area (Å²) >= 11 is 1.67. The number of hydrogen-bond acceptors (Lipinski definition) is 7. The van der Waals surface area contributed by atoms with Gasteiger partial charge in [0, 0.05) is 26.2 Å². The number of para-hydroxylation sites is 1. The lowest BCUT2D eigenvalue weighted by Crippen LogP contribution is -2.51. The first-order valence-corrected chi connectivity index (χ1v) is 11.9. The number of piperazine rings is 1. The van der Waals surface area contributed by atoms with Crippen LogP contribution in [0.4, 0.5) is 5.13 Å². The number of hydrazine groups is 1. The molecule has 1 aromatic heterocycles. The number of thiazole rings is 1. The minimum Gasteiger partial charge on any atom is -0.345 e. The molecule has 30 heavy (non-hydrogen) atoms. The molecule has 4 rings (SSSR count). The maximum atomic E-state index is 12.3. The van der Waals surface area contributed by atoms with Crippen molar-refractivity contribution in [3.63, 3.8) is 0 Å². The summed E-state index contributed by atoms with van der Waals surface area (Å²) in [7, 11) is -3.79. The molecule has 1 aliphatic heterocycles. The maximum absolute atomic E-state index is 12.3. The zero-order valence-electron chi connectivity index (χ0n) is 16.5. The number of anilines is 1. The van der Waals surface area contributed by atoms with Gasteiger partial charge in [0.25, 0.3) is 10.0 Å². The van der Waals surface area contributed by atoms with Crippen LogP contribution < -0.4 is 15.2 Å². The fourth-order valence-corrected chi connectivity index (χ4v) is 5.11. The van der Waals surface area contributed by atoms with E-state index >= 15 is 0 Å². The van der Waals surface area contributed by atoms with Crippen LogP contribution in [0.15, 0.2) is 53.4 Å². The second-order valence-electron chi connectivity index (χ2n) is 7.19. The summed E-state index contributed by atoms with van der Waals surface area (Å²) in [6.45, 7) is 4.94. The Kier molecular flexibility index (Phi) is 6.00. The third kappa shape index (κ3) is 4.78. The lowest BCUT2D eigenvalue weighted by atomic mass is 10.2. The summed E-state index contributed by atoms with van der Waals surface area (Å²) in [5.41, 5.74) is 4.26. The number of sulfonamides is 1. The number of aromatic nitrogens is 1. The standard InChI is InChI=1S/C20H23N5O3S2/c1-15-6-8-16(9-7-15)30(27,28)23-22-19(26)14-24-10-12-25(13-11-24)20-21-17-4-2-3-5-18(17)29-20/h2-9,23H,10-14H2,1H3,(H,22,26). The van der Waals surface area contributed by atoms with Gasteiger partial charge in [-0.2, -0.15) is 0 Å². The Balaban J connectivity index is 1.26. The summed E-state index contributed by atoms with van der Waals surface area (Å²) in [5, 5.41) is 0.992. The second kappa shape index (κ2) is 8.68. The Hall–Kier alpha value is -2.53. The summed E-state index contributed by atoms with van der Waals surface area (Å²) in [6, 6.07) is 14.5. The van der Waals surface area contributed by atoms with Gasteiger partial charge in [0.1, 0.15) is 0 Å². The molecule has 0 unspecified atom stereocenters. The molecule has 0 atom stereocenters. The average Bonchev–Trinajstić information content (AvgIpc) is 3.17. The third-order valence-corrected chi connectivity index (χ3v) is 7.31. The number of amides is 1. The van der Waals surface area contributed by atoms with Crippen molar-refractivity contribution in [3.8, 4) is 0 Å². The van der Waals surface area contributed by atoms with Crippen molar-refractivity contribution in [1.82, 2.24) is 20.1 Å². The van der Waals surface area contributed by atoms with Crippen molar-refractivity contribution in [1.29, 1.82) is 0 Å². The van der Waals surface area contributed by atoms with Crippen LogP contribution in [0.1, 0.15) is 5.56 Å². The molecule has 0 aliphatic carbocycles. The highest BCUT2D eigenvalue weighted by molar-refractivity contribution is 7.89. The first-order valence-electron chi connectivity index (χ1n) is 9.61. The van der Waals surface area contributed by atoms with Crippen LogP contribution in [0.5, 0.6) is 0 Å². The van der Waals surface area contributed by atoms with Crippen LogP contribution in [0.25, 0.3) is 10.2 Å². The van der Waals surface area contributed by atoms with Gasteiger partial charge in [-0.1, -0.05) is 41.2 Å². The number of nitrogens with one attached hydrogen (secondary N) is 2. The van der Waals surface area contributed by atoms with Gasteiger partial charge in [-0.25, -0.2) is 13.4 Å². The third-order valence-electron chi connectivity index (χ3n) is 4.95. The van der Waals surface area contributed by atoms with E-state index < -0.39 is 10.0 Å². The summed E-state index contributed by atoms with van der Waals surface area (Å²) < 4.78 is 25.7. The van der Waals surface area contributed by atoms with Gasteiger partial charge in [-0.3, -0.25) is 15.1 Å². The van der Waals surface area contributed by atoms with Gasteiger partial charge in [-0.05, 0) is 31.2 Å².